The standard InChI is InChI=1S/C18H35N5.HI/c1-19-18(20-10-9-17-7-4-3-5-8-17)21-11-14-23-13-6-12-22(2)15-16-23;/h7H,3-6,8-16H2,1-2H3,(H2,19,20,21);1H. The van der Waals surface area contributed by atoms with Crippen LogP contribution in [0.25, 0.3) is 0 Å². The molecule has 2 aliphatic rings. The van der Waals surface area contributed by atoms with Crippen LogP contribution in [0.2, 0.25) is 0 Å². The van der Waals surface area contributed by atoms with E-state index in [1.165, 1.54) is 58.3 Å². The van der Waals surface area contributed by atoms with E-state index in [1.807, 2.05) is 7.05 Å². The van der Waals surface area contributed by atoms with Crippen LogP contribution in [0.15, 0.2) is 16.6 Å². The monoisotopic (exact) mass is 449 g/mol. The van der Waals surface area contributed by atoms with Gasteiger partial charge in [0.05, 0.1) is 0 Å². The second kappa shape index (κ2) is 12.9. The summed E-state index contributed by atoms with van der Waals surface area (Å²) in [6.07, 6.45) is 10.1. The minimum atomic E-state index is 0. The lowest BCUT2D eigenvalue weighted by Crippen LogP contribution is -2.42. The van der Waals surface area contributed by atoms with Gasteiger partial charge in [0.25, 0.3) is 0 Å². The summed E-state index contributed by atoms with van der Waals surface area (Å²) in [7, 11) is 4.07. The number of allylic oxidation sites excluding steroid dienone is 1. The van der Waals surface area contributed by atoms with Gasteiger partial charge in [-0.25, -0.2) is 0 Å². The van der Waals surface area contributed by atoms with E-state index in [2.05, 4.69) is 38.5 Å². The largest absolute Gasteiger partial charge is 0.356 e. The molecule has 0 unspecified atom stereocenters. The Morgan fingerprint density at radius 2 is 1.92 bits per heavy atom. The predicted octanol–water partition coefficient (Wildman–Crippen LogP) is 2.30. The van der Waals surface area contributed by atoms with Gasteiger partial charge in [-0.3, -0.25) is 4.99 Å². The third-order valence-corrected chi connectivity index (χ3v) is 4.88. The highest BCUT2D eigenvalue weighted by molar-refractivity contribution is 14.0. The van der Waals surface area contributed by atoms with Crippen LogP contribution in [-0.4, -0.2) is 75.7 Å². The summed E-state index contributed by atoms with van der Waals surface area (Å²) in [5.41, 5.74) is 1.62. The first-order valence-corrected chi connectivity index (χ1v) is 9.31. The Kier molecular flexibility index (Phi) is 11.7. The number of rotatable bonds is 6. The minimum Gasteiger partial charge on any atom is -0.356 e. The average molecular weight is 449 g/mol. The van der Waals surface area contributed by atoms with Crippen LogP contribution < -0.4 is 10.6 Å². The Labute approximate surface area is 165 Å². The summed E-state index contributed by atoms with van der Waals surface area (Å²) < 4.78 is 0. The topological polar surface area (TPSA) is 42.9 Å². The molecule has 0 bridgehead atoms. The molecule has 0 aromatic rings. The van der Waals surface area contributed by atoms with Crippen LogP contribution in [0, 0.1) is 0 Å². The highest BCUT2D eigenvalue weighted by Crippen LogP contribution is 2.19. The van der Waals surface area contributed by atoms with Crippen molar-refractivity contribution in [1.29, 1.82) is 0 Å². The molecule has 0 atom stereocenters. The molecular formula is C18H36IN5. The van der Waals surface area contributed by atoms with E-state index < -0.39 is 0 Å². The molecule has 2 N–H and O–H groups in total. The van der Waals surface area contributed by atoms with E-state index in [-0.39, 0.29) is 24.0 Å². The molecule has 1 fully saturated rings. The predicted molar refractivity (Wildman–Crippen MR) is 115 cm³/mol. The van der Waals surface area contributed by atoms with Gasteiger partial charge in [-0.05, 0) is 58.7 Å². The molecule has 0 saturated carbocycles. The van der Waals surface area contributed by atoms with Gasteiger partial charge in [0, 0.05) is 39.8 Å². The summed E-state index contributed by atoms with van der Waals surface area (Å²) in [5.74, 6) is 0.938. The second-order valence-electron chi connectivity index (χ2n) is 6.78. The summed E-state index contributed by atoms with van der Waals surface area (Å²) in [6.45, 7) is 7.85. The van der Waals surface area contributed by atoms with Crippen LogP contribution in [0.5, 0.6) is 0 Å². The summed E-state index contributed by atoms with van der Waals surface area (Å²) in [4.78, 5) is 9.31. The Morgan fingerprint density at radius 1 is 1.08 bits per heavy atom. The Bertz CT molecular complexity index is 397. The molecule has 0 amide bonds. The van der Waals surface area contributed by atoms with Crippen molar-refractivity contribution in [3.8, 4) is 0 Å². The highest BCUT2D eigenvalue weighted by atomic mass is 127. The van der Waals surface area contributed by atoms with Gasteiger partial charge in [-0.1, -0.05) is 11.6 Å². The first kappa shape index (κ1) is 21.7. The van der Waals surface area contributed by atoms with Crippen LogP contribution >= 0.6 is 24.0 Å². The first-order valence-electron chi connectivity index (χ1n) is 9.31. The molecule has 0 radical (unpaired) electrons. The van der Waals surface area contributed by atoms with Gasteiger partial charge in [-0.15, -0.1) is 24.0 Å². The lowest BCUT2D eigenvalue weighted by atomic mass is 9.97. The molecular weight excluding hydrogens is 413 g/mol. The summed E-state index contributed by atoms with van der Waals surface area (Å²) in [5, 5.41) is 6.90. The van der Waals surface area contributed by atoms with Crippen molar-refractivity contribution in [2.24, 2.45) is 4.99 Å². The highest BCUT2D eigenvalue weighted by Gasteiger charge is 2.11. The molecule has 2 rings (SSSR count). The Balaban J connectivity index is 0.00000288. The van der Waals surface area contributed by atoms with Gasteiger partial charge in [0.2, 0.25) is 0 Å². The number of halogens is 1. The first-order chi connectivity index (χ1) is 11.3. The molecule has 24 heavy (non-hydrogen) atoms. The van der Waals surface area contributed by atoms with Gasteiger partial charge in [0.15, 0.2) is 5.96 Å². The van der Waals surface area contributed by atoms with Crippen molar-refractivity contribution in [1.82, 2.24) is 20.4 Å². The molecule has 0 aromatic heterocycles. The van der Waals surface area contributed by atoms with Gasteiger partial charge in [0.1, 0.15) is 0 Å². The van der Waals surface area contributed by atoms with Crippen molar-refractivity contribution in [2.45, 2.75) is 38.5 Å². The molecule has 1 saturated heterocycles. The maximum absolute atomic E-state index is 4.33. The molecule has 140 valence electrons. The molecule has 1 heterocycles. The average Bonchev–Trinajstić information content (AvgIpc) is 2.79. The van der Waals surface area contributed by atoms with E-state index in [0.29, 0.717) is 0 Å². The number of nitrogens with one attached hydrogen (secondary N) is 2. The van der Waals surface area contributed by atoms with Crippen molar-refractivity contribution in [3.05, 3.63) is 11.6 Å². The fourth-order valence-corrected chi connectivity index (χ4v) is 3.35. The quantitative estimate of drug-likeness (QED) is 0.283. The van der Waals surface area contributed by atoms with E-state index in [9.17, 15) is 0 Å². The zero-order chi connectivity index (χ0) is 16.3. The van der Waals surface area contributed by atoms with E-state index in [4.69, 9.17) is 0 Å². The molecule has 0 spiro atoms. The molecule has 1 aliphatic heterocycles. The lowest BCUT2D eigenvalue weighted by molar-refractivity contribution is 0.280. The molecule has 0 aromatic carbocycles. The van der Waals surface area contributed by atoms with Gasteiger partial charge in [-0.2, -0.15) is 0 Å². The van der Waals surface area contributed by atoms with Crippen molar-refractivity contribution in [2.75, 3.05) is 59.9 Å². The van der Waals surface area contributed by atoms with E-state index in [0.717, 1.165) is 32.0 Å². The fraction of sp³-hybridized carbons (Fsp3) is 0.833. The third-order valence-electron chi connectivity index (χ3n) is 4.88. The van der Waals surface area contributed by atoms with Crippen LogP contribution in [0.4, 0.5) is 0 Å². The molecule has 5 nitrogen and oxygen atoms in total. The molecule has 6 heteroatoms. The minimum absolute atomic E-state index is 0. The van der Waals surface area contributed by atoms with Crippen molar-refractivity contribution < 1.29 is 0 Å². The SMILES string of the molecule is CN=C(NCCC1=CCCCC1)NCCN1CCCN(C)CC1.I. The van der Waals surface area contributed by atoms with Gasteiger partial charge < -0.3 is 20.4 Å². The third kappa shape index (κ3) is 8.67. The summed E-state index contributed by atoms with van der Waals surface area (Å²) >= 11 is 0. The Morgan fingerprint density at radius 3 is 2.67 bits per heavy atom. The van der Waals surface area contributed by atoms with Crippen LogP contribution in [0.3, 0.4) is 0 Å². The fourth-order valence-electron chi connectivity index (χ4n) is 3.35. The maximum Gasteiger partial charge on any atom is 0.191 e. The summed E-state index contributed by atoms with van der Waals surface area (Å²) in [6, 6.07) is 0. The van der Waals surface area contributed by atoms with Crippen LogP contribution in [-0.2, 0) is 0 Å². The zero-order valence-electron chi connectivity index (χ0n) is 15.5. The number of hydrogen-bond donors (Lipinski definition) is 2. The number of nitrogens with zero attached hydrogens (tertiary/aromatic N) is 3. The number of hydrogen-bond acceptors (Lipinski definition) is 3. The maximum atomic E-state index is 4.33. The van der Waals surface area contributed by atoms with Crippen molar-refractivity contribution in [3.63, 3.8) is 0 Å². The number of likely N-dealkylation sites (N-methyl/N-ethyl adjacent to an activating group) is 1. The van der Waals surface area contributed by atoms with Crippen LogP contribution in [0.1, 0.15) is 38.5 Å². The number of aliphatic imine (C=N–C) groups is 1. The van der Waals surface area contributed by atoms with E-state index in [1.54, 1.807) is 5.57 Å². The molecule has 1 aliphatic carbocycles. The second-order valence-corrected chi connectivity index (χ2v) is 6.78. The van der Waals surface area contributed by atoms with Crippen molar-refractivity contribution >= 4 is 29.9 Å². The Hall–Kier alpha value is -0.340. The van der Waals surface area contributed by atoms with Gasteiger partial charge >= 0.3 is 0 Å². The zero-order valence-corrected chi connectivity index (χ0v) is 17.8. The normalized spacial score (nSPS) is 20.8. The lowest BCUT2D eigenvalue weighted by Gasteiger charge is -2.21. The van der Waals surface area contributed by atoms with E-state index >= 15 is 0 Å². The smallest absolute Gasteiger partial charge is 0.191 e. The number of guanidine groups is 1.